The van der Waals surface area contributed by atoms with Crippen LogP contribution in [-0.4, -0.2) is 19.1 Å². The Balaban J connectivity index is 2.97. The van der Waals surface area contributed by atoms with Crippen molar-refractivity contribution in [1.29, 1.82) is 0 Å². The van der Waals surface area contributed by atoms with Gasteiger partial charge in [-0.3, -0.25) is 10.1 Å². The number of ether oxygens (including phenoxy) is 1. The van der Waals surface area contributed by atoms with Gasteiger partial charge in [0.15, 0.2) is 0 Å². The zero-order chi connectivity index (χ0) is 15.3. The Bertz CT molecular complexity index is 463. The van der Waals surface area contributed by atoms with Gasteiger partial charge in [-0.2, -0.15) is 0 Å². The second kappa shape index (κ2) is 7.87. The summed E-state index contributed by atoms with van der Waals surface area (Å²) in [6, 6.07) is 5.02. The van der Waals surface area contributed by atoms with Gasteiger partial charge in [0, 0.05) is 16.1 Å². The maximum atomic E-state index is 11.8. The van der Waals surface area contributed by atoms with Crippen molar-refractivity contribution >= 4 is 29.2 Å². The molecular weight excluding hydrogens is 297 g/mol. The van der Waals surface area contributed by atoms with E-state index < -0.39 is 0 Å². The van der Waals surface area contributed by atoms with E-state index in [0.717, 1.165) is 12.0 Å². The van der Waals surface area contributed by atoms with Gasteiger partial charge in [-0.05, 0) is 30.0 Å². The molecule has 0 saturated heterocycles. The van der Waals surface area contributed by atoms with Crippen molar-refractivity contribution in [2.24, 2.45) is 5.92 Å². The lowest BCUT2D eigenvalue weighted by Gasteiger charge is -2.26. The molecule has 1 unspecified atom stereocenters. The first kappa shape index (κ1) is 17.3. The van der Waals surface area contributed by atoms with Crippen molar-refractivity contribution in [3.8, 4) is 0 Å². The lowest BCUT2D eigenvalue weighted by Crippen LogP contribution is -2.43. The fraction of sp³-hybridized carbons (Fsp3) is 0.533. The molecule has 0 aliphatic rings. The van der Waals surface area contributed by atoms with Crippen LogP contribution < -0.4 is 5.32 Å². The highest BCUT2D eigenvalue weighted by Crippen LogP contribution is 2.29. The minimum atomic E-state index is -0.364. The minimum Gasteiger partial charge on any atom is -0.468 e. The van der Waals surface area contributed by atoms with Crippen LogP contribution in [0.1, 0.15) is 38.8 Å². The van der Waals surface area contributed by atoms with Gasteiger partial charge >= 0.3 is 5.97 Å². The summed E-state index contributed by atoms with van der Waals surface area (Å²) in [4.78, 5) is 11.8. The molecular formula is C15H21Cl2NO2. The van der Waals surface area contributed by atoms with E-state index in [1.807, 2.05) is 26.8 Å². The van der Waals surface area contributed by atoms with Gasteiger partial charge in [-0.15, -0.1) is 0 Å². The quantitative estimate of drug-likeness (QED) is 0.798. The van der Waals surface area contributed by atoms with E-state index in [0.29, 0.717) is 10.0 Å². The van der Waals surface area contributed by atoms with E-state index in [1.54, 1.807) is 12.1 Å². The molecule has 0 heterocycles. The molecule has 0 saturated carbocycles. The Hall–Kier alpha value is -0.770. The second-order valence-corrected chi connectivity index (χ2v) is 5.88. The number of esters is 1. The van der Waals surface area contributed by atoms with Gasteiger partial charge in [-0.25, -0.2) is 0 Å². The predicted molar refractivity (Wildman–Crippen MR) is 83.3 cm³/mol. The number of methoxy groups -OCH3 is 1. The monoisotopic (exact) mass is 317 g/mol. The van der Waals surface area contributed by atoms with Crippen molar-refractivity contribution < 1.29 is 9.53 Å². The van der Waals surface area contributed by atoms with Crippen LogP contribution in [0.2, 0.25) is 10.0 Å². The summed E-state index contributed by atoms with van der Waals surface area (Å²) in [6.07, 6.45) is 0.807. The summed E-state index contributed by atoms with van der Waals surface area (Å²) in [7, 11) is 1.40. The summed E-state index contributed by atoms with van der Waals surface area (Å²) < 4.78 is 4.85. The number of rotatable bonds is 6. The van der Waals surface area contributed by atoms with Crippen molar-refractivity contribution in [3.05, 3.63) is 33.8 Å². The van der Waals surface area contributed by atoms with Crippen LogP contribution in [0.25, 0.3) is 0 Å². The van der Waals surface area contributed by atoms with Crippen LogP contribution in [0.15, 0.2) is 18.2 Å². The van der Waals surface area contributed by atoms with Crippen molar-refractivity contribution in [1.82, 2.24) is 5.32 Å². The van der Waals surface area contributed by atoms with Crippen LogP contribution in [-0.2, 0) is 9.53 Å². The molecule has 0 bridgehead atoms. The third-order valence-corrected chi connectivity index (χ3v) is 3.81. The van der Waals surface area contributed by atoms with Crippen molar-refractivity contribution in [3.63, 3.8) is 0 Å². The molecule has 5 heteroatoms. The number of carbonyl (C=O) groups is 1. The summed E-state index contributed by atoms with van der Waals surface area (Å²) in [5.41, 5.74) is 0.938. The summed E-state index contributed by atoms with van der Waals surface area (Å²) in [6.45, 7) is 5.99. The summed E-state index contributed by atoms with van der Waals surface area (Å²) in [5.74, 6) is -0.133. The molecule has 0 amide bonds. The SMILES string of the molecule is CCC(N[C@H](C(=O)OC)C(C)C)c1ccc(Cl)cc1Cl. The first-order chi connectivity index (χ1) is 9.40. The minimum absolute atomic E-state index is 0.0220. The fourth-order valence-electron chi connectivity index (χ4n) is 2.09. The Morgan fingerprint density at radius 3 is 2.45 bits per heavy atom. The zero-order valence-electron chi connectivity index (χ0n) is 12.2. The summed E-state index contributed by atoms with van der Waals surface area (Å²) in [5, 5.41) is 4.53. The molecule has 0 fully saturated rings. The Morgan fingerprint density at radius 2 is 2.00 bits per heavy atom. The van der Waals surface area contributed by atoms with E-state index >= 15 is 0 Å². The molecule has 0 aliphatic carbocycles. The third kappa shape index (κ3) is 4.37. The molecule has 3 nitrogen and oxygen atoms in total. The number of carbonyl (C=O) groups excluding carboxylic acids is 1. The van der Waals surface area contributed by atoms with Gasteiger partial charge < -0.3 is 4.74 Å². The van der Waals surface area contributed by atoms with Gasteiger partial charge in [-0.1, -0.05) is 50.0 Å². The first-order valence-electron chi connectivity index (χ1n) is 6.69. The number of nitrogens with one attached hydrogen (secondary N) is 1. The maximum absolute atomic E-state index is 11.8. The standard InChI is InChI=1S/C15H21Cl2NO2/c1-5-13(11-7-6-10(16)8-12(11)17)18-14(9(2)3)15(19)20-4/h6-9,13-14,18H,5H2,1-4H3/t13?,14-/m0/s1. The Labute approximate surface area is 130 Å². The molecule has 0 aliphatic heterocycles. The fourth-order valence-corrected chi connectivity index (χ4v) is 2.63. The molecule has 1 aromatic rings. The highest BCUT2D eigenvalue weighted by molar-refractivity contribution is 6.35. The normalized spacial score (nSPS) is 14.2. The average Bonchev–Trinajstić information content (AvgIpc) is 2.40. The number of hydrogen-bond acceptors (Lipinski definition) is 3. The molecule has 1 rings (SSSR count). The highest BCUT2D eigenvalue weighted by atomic mass is 35.5. The number of hydrogen-bond donors (Lipinski definition) is 1. The van der Waals surface area contributed by atoms with E-state index in [4.69, 9.17) is 27.9 Å². The molecule has 2 atom stereocenters. The Morgan fingerprint density at radius 1 is 1.35 bits per heavy atom. The van der Waals surface area contributed by atoms with Gasteiger partial charge in [0.1, 0.15) is 6.04 Å². The smallest absolute Gasteiger partial charge is 0.323 e. The molecule has 112 valence electrons. The van der Waals surface area contributed by atoms with Gasteiger partial charge in [0.2, 0.25) is 0 Å². The zero-order valence-corrected chi connectivity index (χ0v) is 13.8. The van der Waals surface area contributed by atoms with Gasteiger partial charge in [0.05, 0.1) is 7.11 Å². The lowest BCUT2D eigenvalue weighted by molar-refractivity contribution is -0.144. The van der Waals surface area contributed by atoms with E-state index in [9.17, 15) is 4.79 Å². The molecule has 0 spiro atoms. The van der Waals surface area contributed by atoms with Gasteiger partial charge in [0.25, 0.3) is 0 Å². The van der Waals surface area contributed by atoms with Crippen molar-refractivity contribution in [2.75, 3.05) is 7.11 Å². The summed E-state index contributed by atoms with van der Waals surface area (Å²) >= 11 is 12.2. The molecule has 1 N–H and O–H groups in total. The average molecular weight is 318 g/mol. The Kier molecular flexibility index (Phi) is 6.80. The number of benzene rings is 1. The highest BCUT2D eigenvalue weighted by Gasteiger charge is 2.26. The van der Waals surface area contributed by atoms with E-state index in [2.05, 4.69) is 5.32 Å². The number of halogens is 2. The van der Waals surface area contributed by atoms with Crippen LogP contribution in [0.5, 0.6) is 0 Å². The topological polar surface area (TPSA) is 38.3 Å². The van der Waals surface area contributed by atoms with Crippen molar-refractivity contribution in [2.45, 2.75) is 39.3 Å². The van der Waals surface area contributed by atoms with Crippen LogP contribution >= 0.6 is 23.2 Å². The molecule has 20 heavy (non-hydrogen) atoms. The van der Waals surface area contributed by atoms with E-state index in [1.165, 1.54) is 7.11 Å². The van der Waals surface area contributed by atoms with Crippen LogP contribution in [0.3, 0.4) is 0 Å². The predicted octanol–water partition coefficient (Wildman–Crippen LogP) is 4.23. The second-order valence-electron chi connectivity index (χ2n) is 5.04. The molecule has 0 aromatic heterocycles. The van der Waals surface area contributed by atoms with E-state index in [-0.39, 0.29) is 24.0 Å². The molecule has 0 radical (unpaired) electrons. The first-order valence-corrected chi connectivity index (χ1v) is 7.45. The third-order valence-electron chi connectivity index (χ3n) is 3.25. The van der Waals surface area contributed by atoms with Crippen LogP contribution in [0.4, 0.5) is 0 Å². The maximum Gasteiger partial charge on any atom is 0.323 e. The lowest BCUT2D eigenvalue weighted by atomic mass is 9.99. The largest absolute Gasteiger partial charge is 0.468 e. The molecule has 1 aromatic carbocycles. The van der Waals surface area contributed by atoms with Crippen LogP contribution in [0, 0.1) is 5.92 Å².